The molecule has 5 heteroatoms. The van der Waals surface area contributed by atoms with Gasteiger partial charge < -0.3 is 4.98 Å². The van der Waals surface area contributed by atoms with E-state index in [4.69, 9.17) is 4.18 Å². The van der Waals surface area contributed by atoms with Crippen LogP contribution in [0.15, 0.2) is 59.6 Å². The van der Waals surface area contributed by atoms with E-state index in [1.54, 1.807) is 24.3 Å². The van der Waals surface area contributed by atoms with Gasteiger partial charge in [-0.05, 0) is 37.1 Å². The van der Waals surface area contributed by atoms with E-state index in [1.165, 1.54) is 0 Å². The predicted molar refractivity (Wildman–Crippen MR) is 86.3 cm³/mol. The second-order valence-corrected chi connectivity index (χ2v) is 6.81. The lowest BCUT2D eigenvalue weighted by Gasteiger charge is -2.05. The largest absolute Gasteiger partial charge is 0.361 e. The van der Waals surface area contributed by atoms with Gasteiger partial charge in [-0.2, -0.15) is 8.42 Å². The molecule has 4 nitrogen and oxygen atoms in total. The van der Waals surface area contributed by atoms with Crippen molar-refractivity contribution in [2.75, 3.05) is 6.61 Å². The Morgan fingerprint density at radius 3 is 2.55 bits per heavy atom. The van der Waals surface area contributed by atoms with Crippen molar-refractivity contribution in [2.45, 2.75) is 18.2 Å². The van der Waals surface area contributed by atoms with Crippen LogP contribution in [-0.4, -0.2) is 20.0 Å². The van der Waals surface area contributed by atoms with Crippen molar-refractivity contribution in [3.05, 3.63) is 65.9 Å². The number of rotatable bonds is 5. The smallest absolute Gasteiger partial charge is 0.296 e. The highest BCUT2D eigenvalue weighted by molar-refractivity contribution is 7.86. The molecule has 2 aromatic carbocycles. The molecule has 1 heterocycles. The van der Waals surface area contributed by atoms with Crippen molar-refractivity contribution in [3.8, 4) is 0 Å². The summed E-state index contributed by atoms with van der Waals surface area (Å²) in [5.41, 5.74) is 3.10. The minimum absolute atomic E-state index is 0.123. The normalized spacial score (nSPS) is 11.9. The first kappa shape index (κ1) is 14.8. The van der Waals surface area contributed by atoms with Crippen LogP contribution in [0.5, 0.6) is 0 Å². The quantitative estimate of drug-likeness (QED) is 0.734. The predicted octanol–water partition coefficient (Wildman–Crippen LogP) is 3.42. The van der Waals surface area contributed by atoms with Gasteiger partial charge >= 0.3 is 0 Å². The Labute approximate surface area is 129 Å². The molecule has 0 bridgehead atoms. The standard InChI is InChI=1S/C17H17NO3S/c1-13-6-8-15(9-7-13)22(19,20)21-11-10-14-12-18-17-5-3-2-4-16(14)17/h2-9,12,18H,10-11H2,1H3. The van der Waals surface area contributed by atoms with Gasteiger partial charge in [-0.15, -0.1) is 0 Å². The highest BCUT2D eigenvalue weighted by Crippen LogP contribution is 2.19. The first-order valence-electron chi connectivity index (χ1n) is 7.07. The fourth-order valence-electron chi connectivity index (χ4n) is 2.37. The van der Waals surface area contributed by atoms with Gasteiger partial charge in [0.25, 0.3) is 10.1 Å². The van der Waals surface area contributed by atoms with Gasteiger partial charge in [0.15, 0.2) is 0 Å². The Hall–Kier alpha value is -2.11. The van der Waals surface area contributed by atoms with Crippen LogP contribution in [0.4, 0.5) is 0 Å². The summed E-state index contributed by atoms with van der Waals surface area (Å²) in [7, 11) is -3.69. The van der Waals surface area contributed by atoms with Crippen molar-refractivity contribution in [1.29, 1.82) is 0 Å². The van der Waals surface area contributed by atoms with Gasteiger partial charge in [-0.25, -0.2) is 0 Å². The Bertz CT molecular complexity index is 880. The second-order valence-electron chi connectivity index (χ2n) is 5.20. The minimum atomic E-state index is -3.69. The summed E-state index contributed by atoms with van der Waals surface area (Å²) >= 11 is 0. The van der Waals surface area contributed by atoms with Crippen LogP contribution in [0.1, 0.15) is 11.1 Å². The fraction of sp³-hybridized carbons (Fsp3) is 0.176. The van der Waals surface area contributed by atoms with Crippen molar-refractivity contribution < 1.29 is 12.6 Å². The molecule has 0 saturated heterocycles. The van der Waals surface area contributed by atoms with Crippen LogP contribution in [0.2, 0.25) is 0 Å². The van der Waals surface area contributed by atoms with Gasteiger partial charge in [0.05, 0.1) is 11.5 Å². The number of benzene rings is 2. The molecule has 1 aromatic heterocycles. The number of fused-ring (bicyclic) bond motifs is 1. The molecule has 0 aliphatic rings. The van der Waals surface area contributed by atoms with Gasteiger partial charge in [-0.3, -0.25) is 4.18 Å². The molecular weight excluding hydrogens is 298 g/mol. The third-order valence-corrected chi connectivity index (χ3v) is 4.92. The van der Waals surface area contributed by atoms with E-state index in [0.717, 1.165) is 22.0 Å². The van der Waals surface area contributed by atoms with Gasteiger partial charge in [0, 0.05) is 17.1 Å². The van der Waals surface area contributed by atoms with Gasteiger partial charge in [0.1, 0.15) is 0 Å². The van der Waals surface area contributed by atoms with Crippen LogP contribution >= 0.6 is 0 Å². The molecule has 1 N–H and O–H groups in total. The van der Waals surface area contributed by atoms with E-state index in [-0.39, 0.29) is 11.5 Å². The monoisotopic (exact) mass is 315 g/mol. The zero-order valence-corrected chi connectivity index (χ0v) is 13.1. The molecule has 0 aliphatic heterocycles. The number of H-pyrrole nitrogens is 1. The maximum Gasteiger partial charge on any atom is 0.296 e. The highest BCUT2D eigenvalue weighted by Gasteiger charge is 2.15. The molecule has 3 aromatic rings. The Morgan fingerprint density at radius 2 is 1.77 bits per heavy atom. The maximum absolute atomic E-state index is 12.1. The molecule has 0 aliphatic carbocycles. The number of aromatic amines is 1. The summed E-state index contributed by atoms with van der Waals surface area (Å²) in [6, 6.07) is 14.6. The lowest BCUT2D eigenvalue weighted by molar-refractivity contribution is 0.322. The molecule has 3 rings (SSSR count). The van der Waals surface area contributed by atoms with E-state index in [1.807, 2.05) is 37.4 Å². The highest BCUT2D eigenvalue weighted by atomic mass is 32.2. The first-order chi connectivity index (χ1) is 10.6. The van der Waals surface area contributed by atoms with E-state index in [2.05, 4.69) is 4.98 Å². The molecule has 0 atom stereocenters. The summed E-state index contributed by atoms with van der Waals surface area (Å²) in [6.45, 7) is 2.03. The van der Waals surface area contributed by atoms with Gasteiger partial charge in [-0.1, -0.05) is 35.9 Å². The average molecular weight is 315 g/mol. The molecule has 22 heavy (non-hydrogen) atoms. The molecule has 0 unspecified atom stereocenters. The van der Waals surface area contributed by atoms with Crippen molar-refractivity contribution in [2.24, 2.45) is 0 Å². The molecule has 0 amide bonds. The average Bonchev–Trinajstić information content (AvgIpc) is 2.91. The lowest BCUT2D eigenvalue weighted by atomic mass is 10.1. The topological polar surface area (TPSA) is 59.2 Å². The van der Waals surface area contributed by atoms with Crippen molar-refractivity contribution >= 4 is 21.0 Å². The fourth-order valence-corrected chi connectivity index (χ4v) is 3.28. The van der Waals surface area contributed by atoms with Crippen LogP contribution in [0.3, 0.4) is 0 Å². The van der Waals surface area contributed by atoms with Crippen molar-refractivity contribution in [3.63, 3.8) is 0 Å². The lowest BCUT2D eigenvalue weighted by Crippen LogP contribution is -2.09. The minimum Gasteiger partial charge on any atom is -0.361 e. The molecular formula is C17H17NO3S. The first-order valence-corrected chi connectivity index (χ1v) is 8.48. The van der Waals surface area contributed by atoms with E-state index >= 15 is 0 Å². The second kappa shape index (κ2) is 5.94. The third kappa shape index (κ3) is 3.05. The summed E-state index contributed by atoms with van der Waals surface area (Å²) in [5, 5.41) is 1.10. The molecule has 0 radical (unpaired) electrons. The zero-order valence-electron chi connectivity index (χ0n) is 12.2. The molecule has 0 fully saturated rings. The molecule has 0 spiro atoms. The third-order valence-electron chi connectivity index (χ3n) is 3.59. The maximum atomic E-state index is 12.1. The van der Waals surface area contributed by atoms with Gasteiger partial charge in [0.2, 0.25) is 0 Å². The Morgan fingerprint density at radius 1 is 1.05 bits per heavy atom. The van der Waals surface area contributed by atoms with E-state index in [0.29, 0.717) is 6.42 Å². The van der Waals surface area contributed by atoms with E-state index in [9.17, 15) is 8.42 Å². The Balaban J connectivity index is 1.68. The van der Waals surface area contributed by atoms with Crippen LogP contribution in [0, 0.1) is 6.92 Å². The molecule has 114 valence electrons. The molecule has 0 saturated carbocycles. The SMILES string of the molecule is Cc1ccc(S(=O)(=O)OCCc2c[nH]c3ccccc23)cc1. The van der Waals surface area contributed by atoms with Crippen LogP contribution < -0.4 is 0 Å². The number of para-hydroxylation sites is 1. The van der Waals surface area contributed by atoms with Crippen LogP contribution in [-0.2, 0) is 20.7 Å². The van der Waals surface area contributed by atoms with E-state index < -0.39 is 10.1 Å². The summed E-state index contributed by atoms with van der Waals surface area (Å²) < 4.78 is 29.3. The number of aryl methyl sites for hydroxylation is 1. The summed E-state index contributed by atoms with van der Waals surface area (Å²) in [4.78, 5) is 3.36. The Kier molecular flexibility index (Phi) is 4.00. The van der Waals surface area contributed by atoms with Crippen molar-refractivity contribution in [1.82, 2.24) is 4.98 Å². The number of hydrogen-bond acceptors (Lipinski definition) is 3. The number of nitrogens with one attached hydrogen (secondary N) is 1. The summed E-state index contributed by atoms with van der Waals surface area (Å²) in [6.07, 6.45) is 2.43. The number of aromatic nitrogens is 1. The number of hydrogen-bond donors (Lipinski definition) is 1. The summed E-state index contributed by atoms with van der Waals surface area (Å²) in [5.74, 6) is 0. The van der Waals surface area contributed by atoms with Crippen LogP contribution in [0.25, 0.3) is 10.9 Å². The zero-order chi connectivity index (χ0) is 15.6.